The van der Waals surface area contributed by atoms with Gasteiger partial charge in [-0.05, 0) is 0 Å². The number of rotatable bonds is 3. The van der Waals surface area contributed by atoms with E-state index in [-0.39, 0.29) is 27.3 Å². The maximum Gasteiger partial charge on any atom is 0.177 e. The summed E-state index contributed by atoms with van der Waals surface area (Å²) in [6.07, 6.45) is 0. The van der Waals surface area contributed by atoms with Crippen LogP contribution in [-0.2, 0) is 27.3 Å². The molecule has 0 amide bonds. The van der Waals surface area contributed by atoms with Crippen molar-refractivity contribution in [2.75, 3.05) is 21.3 Å². The number of hydrogen-bond acceptors (Lipinski definition) is 3. The fourth-order valence-electron chi connectivity index (χ4n) is 1.14. The molecule has 0 spiro atoms. The summed E-state index contributed by atoms with van der Waals surface area (Å²) in [4.78, 5) is 0. The molecule has 0 atom stereocenters. The Morgan fingerprint density at radius 1 is 0.929 bits per heavy atom. The van der Waals surface area contributed by atoms with Gasteiger partial charge in [-0.3, -0.25) is 0 Å². The van der Waals surface area contributed by atoms with Crippen LogP contribution < -0.4 is 14.2 Å². The second kappa shape index (κ2) is 6.00. The Hall–Kier alpha value is -0.588. The normalized spacial score (nSPS) is 8.79. The van der Waals surface area contributed by atoms with Crippen molar-refractivity contribution in [3.05, 3.63) is 24.6 Å². The van der Waals surface area contributed by atoms with E-state index >= 15 is 0 Å². The van der Waals surface area contributed by atoms with E-state index in [0.29, 0.717) is 17.2 Å². The molecular weight excluding hydrogens is 281 g/mol. The average molecular weight is 294 g/mol. The Kier molecular flexibility index (Phi) is 5.75. The number of ether oxygens (including phenoxy) is 3. The molecule has 4 heteroatoms. The van der Waals surface area contributed by atoms with E-state index in [1.54, 1.807) is 33.5 Å². The van der Waals surface area contributed by atoms with Gasteiger partial charge in [-0.15, -0.1) is 12.1 Å². The van der Waals surface area contributed by atoms with Crippen LogP contribution in [-0.4, -0.2) is 21.3 Å². The molecule has 0 N–H and O–H groups in total. The zero-order valence-corrected chi connectivity index (χ0v) is 12.8. The summed E-state index contributed by atoms with van der Waals surface area (Å²) in [5.74, 6) is 1.86. The first-order valence-electron chi connectivity index (χ1n) is 3.85. The minimum absolute atomic E-state index is 0. The van der Waals surface area contributed by atoms with E-state index in [9.17, 15) is 0 Å². The van der Waals surface area contributed by atoms with E-state index in [0.717, 1.165) is 5.56 Å². The number of methoxy groups -OCH3 is 3. The van der Waals surface area contributed by atoms with Crippen molar-refractivity contribution in [1.82, 2.24) is 0 Å². The number of hydrogen-bond donors (Lipinski definition) is 0. The molecule has 0 fully saturated rings. The molecule has 0 aliphatic carbocycles. The van der Waals surface area contributed by atoms with Crippen LogP contribution in [0.25, 0.3) is 0 Å². The Bertz CT molecular complexity index is 274. The first kappa shape index (κ1) is 13.4. The molecule has 0 saturated heterocycles. The maximum atomic E-state index is 5.14. The largest absolute Gasteiger partial charge is 0.506 e. The van der Waals surface area contributed by atoms with Crippen LogP contribution in [0.15, 0.2) is 12.1 Å². The fraction of sp³-hybridized carbons (Fsp3) is 0.300. The average Bonchev–Trinajstić information content (AvgIpc) is 2.16. The van der Waals surface area contributed by atoms with Crippen LogP contribution in [0.5, 0.6) is 17.2 Å². The third-order valence-electron chi connectivity index (χ3n) is 1.72. The van der Waals surface area contributed by atoms with E-state index in [2.05, 4.69) is 6.92 Å². The molecular formula is C10H13CdO3-. The van der Waals surface area contributed by atoms with Gasteiger partial charge in [0.05, 0.1) is 21.3 Å². The predicted molar refractivity (Wildman–Crippen MR) is 50.6 cm³/mol. The molecule has 74 valence electrons. The molecule has 1 rings (SSSR count). The van der Waals surface area contributed by atoms with Crippen molar-refractivity contribution < 1.29 is 41.5 Å². The van der Waals surface area contributed by atoms with Gasteiger partial charge in [0.25, 0.3) is 0 Å². The van der Waals surface area contributed by atoms with Crippen LogP contribution in [0.1, 0.15) is 5.56 Å². The monoisotopic (exact) mass is 295 g/mol. The molecule has 3 nitrogen and oxygen atoms in total. The molecule has 0 aliphatic rings. The summed E-state index contributed by atoms with van der Waals surface area (Å²) in [6.45, 7) is 3.80. The van der Waals surface area contributed by atoms with Crippen molar-refractivity contribution in [2.24, 2.45) is 0 Å². The summed E-state index contributed by atoms with van der Waals surface area (Å²) >= 11 is 0. The summed E-state index contributed by atoms with van der Waals surface area (Å²) in [6, 6.07) is 3.59. The first-order valence-corrected chi connectivity index (χ1v) is 3.85. The molecule has 0 aromatic heterocycles. The van der Waals surface area contributed by atoms with Crippen molar-refractivity contribution in [1.29, 1.82) is 0 Å². The van der Waals surface area contributed by atoms with Gasteiger partial charge in [0.1, 0.15) is 11.5 Å². The van der Waals surface area contributed by atoms with Gasteiger partial charge in [0.2, 0.25) is 0 Å². The smallest absolute Gasteiger partial charge is 0.177 e. The summed E-state index contributed by atoms with van der Waals surface area (Å²) in [5.41, 5.74) is 0.828. The van der Waals surface area contributed by atoms with Crippen LogP contribution in [0.2, 0.25) is 0 Å². The van der Waals surface area contributed by atoms with E-state index < -0.39 is 0 Å². The Balaban J connectivity index is 0.00000169. The van der Waals surface area contributed by atoms with Crippen LogP contribution in [0.3, 0.4) is 0 Å². The van der Waals surface area contributed by atoms with Crippen LogP contribution >= 0.6 is 0 Å². The molecule has 0 bridgehead atoms. The third-order valence-corrected chi connectivity index (χ3v) is 1.72. The van der Waals surface area contributed by atoms with Gasteiger partial charge in [-0.25, -0.2) is 0 Å². The second-order valence-corrected chi connectivity index (χ2v) is 2.53. The molecule has 0 unspecified atom stereocenters. The molecule has 0 saturated carbocycles. The Morgan fingerprint density at radius 3 is 1.64 bits per heavy atom. The summed E-state index contributed by atoms with van der Waals surface area (Å²) in [5, 5.41) is 0. The van der Waals surface area contributed by atoms with Gasteiger partial charge in [0.15, 0.2) is 5.75 Å². The molecule has 0 radical (unpaired) electrons. The zero-order valence-electron chi connectivity index (χ0n) is 8.79. The summed E-state index contributed by atoms with van der Waals surface area (Å²) < 4.78 is 15.4. The molecule has 0 heterocycles. The standard InChI is InChI=1S/C10H13O3.Cd/c1-7-5-8(11-2)10(13-4)9(6-7)12-3;/h5-6H,1H2,2-4H3;/q-1;. The van der Waals surface area contributed by atoms with E-state index in [4.69, 9.17) is 14.2 Å². The van der Waals surface area contributed by atoms with Gasteiger partial charge in [-0.1, -0.05) is 0 Å². The van der Waals surface area contributed by atoms with Gasteiger partial charge in [-0.2, -0.15) is 12.5 Å². The Labute approximate surface area is 105 Å². The number of benzene rings is 1. The van der Waals surface area contributed by atoms with Gasteiger partial charge < -0.3 is 14.2 Å². The summed E-state index contributed by atoms with van der Waals surface area (Å²) in [7, 11) is 4.73. The minimum Gasteiger partial charge on any atom is -0.506 e. The van der Waals surface area contributed by atoms with Gasteiger partial charge in [0, 0.05) is 27.3 Å². The Morgan fingerprint density at radius 2 is 1.36 bits per heavy atom. The SMILES string of the molecule is [CH2-]c1cc(OC)c(OC)c(OC)c1.[Cd]. The van der Waals surface area contributed by atoms with Crippen molar-refractivity contribution in [2.45, 2.75) is 0 Å². The molecule has 1 aromatic rings. The predicted octanol–water partition coefficient (Wildman–Crippen LogP) is 1.89. The van der Waals surface area contributed by atoms with Crippen LogP contribution in [0, 0.1) is 6.92 Å². The topological polar surface area (TPSA) is 27.7 Å². The minimum atomic E-state index is 0. The molecule has 0 aliphatic heterocycles. The third kappa shape index (κ3) is 2.70. The molecule has 14 heavy (non-hydrogen) atoms. The molecule has 1 aromatic carbocycles. The fourth-order valence-corrected chi connectivity index (χ4v) is 1.14. The van der Waals surface area contributed by atoms with Crippen molar-refractivity contribution >= 4 is 0 Å². The van der Waals surface area contributed by atoms with Crippen LogP contribution in [0.4, 0.5) is 0 Å². The van der Waals surface area contributed by atoms with E-state index in [1.807, 2.05) is 0 Å². The maximum absolute atomic E-state index is 5.14. The second-order valence-electron chi connectivity index (χ2n) is 2.53. The van der Waals surface area contributed by atoms with Crippen molar-refractivity contribution in [3.63, 3.8) is 0 Å². The quantitative estimate of drug-likeness (QED) is 0.629. The van der Waals surface area contributed by atoms with Crippen molar-refractivity contribution in [3.8, 4) is 17.2 Å². The zero-order chi connectivity index (χ0) is 9.84. The van der Waals surface area contributed by atoms with Gasteiger partial charge >= 0.3 is 0 Å². The first-order chi connectivity index (χ1) is 6.22. The van der Waals surface area contributed by atoms with E-state index in [1.165, 1.54) is 0 Å².